The van der Waals surface area contributed by atoms with Gasteiger partial charge in [-0.05, 0) is 30.7 Å². The van der Waals surface area contributed by atoms with Crippen LogP contribution in [-0.4, -0.2) is 37.5 Å². The van der Waals surface area contributed by atoms with Crippen molar-refractivity contribution >= 4 is 17.4 Å². The van der Waals surface area contributed by atoms with Gasteiger partial charge in [0.25, 0.3) is 0 Å². The van der Waals surface area contributed by atoms with Gasteiger partial charge in [-0.1, -0.05) is 6.07 Å². The molecule has 3 unspecified atom stereocenters. The monoisotopic (exact) mass is 296 g/mol. The molecule has 2 N–H and O–H groups in total. The van der Waals surface area contributed by atoms with Gasteiger partial charge >= 0.3 is 6.03 Å². The number of nitrogens with one attached hydrogen (secondary N) is 2. The van der Waals surface area contributed by atoms with Gasteiger partial charge in [-0.15, -0.1) is 11.3 Å². The number of fused-ring (bicyclic) bond motifs is 1. The molecule has 2 heterocycles. The second-order valence-corrected chi connectivity index (χ2v) is 6.27. The molecule has 110 valence electrons. The molecule has 6 heteroatoms. The Bertz CT molecular complexity index is 438. The Morgan fingerprint density at radius 3 is 2.95 bits per heavy atom. The zero-order valence-electron chi connectivity index (χ0n) is 11.3. The summed E-state index contributed by atoms with van der Waals surface area (Å²) in [7, 11) is 0. The van der Waals surface area contributed by atoms with Crippen LogP contribution in [0.3, 0.4) is 0 Å². The summed E-state index contributed by atoms with van der Waals surface area (Å²) >= 11 is 1.65. The maximum Gasteiger partial charge on any atom is 0.315 e. The highest BCUT2D eigenvalue weighted by molar-refractivity contribution is 7.09. The van der Waals surface area contributed by atoms with Crippen LogP contribution in [0, 0.1) is 0 Å². The van der Waals surface area contributed by atoms with Crippen molar-refractivity contribution in [2.75, 3.05) is 13.2 Å². The van der Waals surface area contributed by atoms with E-state index in [-0.39, 0.29) is 24.3 Å². The van der Waals surface area contributed by atoms with Gasteiger partial charge in [0, 0.05) is 10.9 Å². The summed E-state index contributed by atoms with van der Waals surface area (Å²) in [5.41, 5.74) is 0. The molecule has 1 saturated heterocycles. The second-order valence-electron chi connectivity index (χ2n) is 5.23. The van der Waals surface area contributed by atoms with Crippen LogP contribution in [0.2, 0.25) is 0 Å². The van der Waals surface area contributed by atoms with Crippen LogP contribution in [0.4, 0.5) is 4.79 Å². The molecule has 1 aliphatic carbocycles. The summed E-state index contributed by atoms with van der Waals surface area (Å²) in [4.78, 5) is 13.0. The average molecular weight is 296 g/mol. The van der Waals surface area contributed by atoms with E-state index in [9.17, 15) is 4.79 Å². The van der Waals surface area contributed by atoms with Crippen LogP contribution in [0.15, 0.2) is 17.5 Å². The lowest BCUT2D eigenvalue weighted by Gasteiger charge is -2.39. The van der Waals surface area contributed by atoms with Crippen LogP contribution in [0.25, 0.3) is 0 Å². The van der Waals surface area contributed by atoms with Crippen LogP contribution >= 0.6 is 11.3 Å². The lowest BCUT2D eigenvalue weighted by molar-refractivity contribution is -0.157. The molecule has 1 aliphatic heterocycles. The number of ether oxygens (including phenoxy) is 2. The van der Waals surface area contributed by atoms with Crippen molar-refractivity contribution in [2.24, 2.45) is 0 Å². The fourth-order valence-electron chi connectivity index (χ4n) is 2.81. The first kappa shape index (κ1) is 13.9. The number of hydrogen-bond acceptors (Lipinski definition) is 4. The van der Waals surface area contributed by atoms with E-state index in [2.05, 4.69) is 10.6 Å². The van der Waals surface area contributed by atoms with Gasteiger partial charge in [-0.3, -0.25) is 0 Å². The van der Waals surface area contributed by atoms with E-state index in [1.165, 1.54) is 0 Å². The minimum atomic E-state index is -0.0985. The van der Waals surface area contributed by atoms with Gasteiger partial charge in [0.15, 0.2) is 0 Å². The molecule has 5 nitrogen and oxygen atoms in total. The lowest BCUT2D eigenvalue weighted by Crippen LogP contribution is -2.51. The number of carbonyl (C=O) groups is 1. The van der Waals surface area contributed by atoms with Gasteiger partial charge in [-0.25, -0.2) is 4.79 Å². The number of thiophene rings is 1. The fourth-order valence-corrected chi connectivity index (χ4v) is 3.46. The van der Waals surface area contributed by atoms with Crippen molar-refractivity contribution in [3.63, 3.8) is 0 Å². The third kappa shape index (κ3) is 3.50. The highest BCUT2D eigenvalue weighted by Gasteiger charge is 2.34. The van der Waals surface area contributed by atoms with Gasteiger partial charge in [0.1, 0.15) is 0 Å². The molecule has 1 aromatic rings. The Balaban J connectivity index is 1.42. The van der Waals surface area contributed by atoms with Crippen LogP contribution in [0.5, 0.6) is 0 Å². The zero-order chi connectivity index (χ0) is 13.8. The quantitative estimate of drug-likeness (QED) is 0.895. The van der Waals surface area contributed by atoms with E-state index in [1.54, 1.807) is 11.3 Å². The Labute approximate surface area is 122 Å². The summed E-state index contributed by atoms with van der Waals surface area (Å²) in [5.74, 6) is 0. The summed E-state index contributed by atoms with van der Waals surface area (Å²) in [6.45, 7) is 1.95. The number of rotatable bonds is 3. The smallest absolute Gasteiger partial charge is 0.315 e. The number of urea groups is 1. The highest BCUT2D eigenvalue weighted by atomic mass is 32.1. The van der Waals surface area contributed by atoms with E-state index >= 15 is 0 Å². The van der Waals surface area contributed by atoms with Crippen molar-refractivity contribution in [1.82, 2.24) is 10.6 Å². The van der Waals surface area contributed by atoms with E-state index in [4.69, 9.17) is 9.47 Å². The fraction of sp³-hybridized carbons (Fsp3) is 0.643. The molecule has 2 amide bonds. The van der Waals surface area contributed by atoms with Crippen LogP contribution in [0.1, 0.15) is 24.1 Å². The average Bonchev–Trinajstić information content (AvgIpc) is 2.98. The Morgan fingerprint density at radius 2 is 2.15 bits per heavy atom. The van der Waals surface area contributed by atoms with Gasteiger partial charge < -0.3 is 20.1 Å². The van der Waals surface area contributed by atoms with Crippen molar-refractivity contribution in [3.05, 3.63) is 22.4 Å². The van der Waals surface area contributed by atoms with Crippen molar-refractivity contribution < 1.29 is 14.3 Å². The van der Waals surface area contributed by atoms with Crippen molar-refractivity contribution in [3.8, 4) is 0 Å². The first-order chi connectivity index (χ1) is 9.81. The SMILES string of the molecule is O=C(NCc1cccs1)NC1CCC2OCCOC2C1. The Kier molecular flexibility index (Phi) is 4.54. The Hall–Kier alpha value is -1.11. The summed E-state index contributed by atoms with van der Waals surface area (Å²) < 4.78 is 11.4. The van der Waals surface area contributed by atoms with Crippen molar-refractivity contribution in [1.29, 1.82) is 0 Å². The minimum Gasteiger partial charge on any atom is -0.373 e. The topological polar surface area (TPSA) is 59.6 Å². The molecule has 0 radical (unpaired) electrons. The molecule has 2 fully saturated rings. The first-order valence-corrected chi connectivity index (χ1v) is 7.99. The minimum absolute atomic E-state index is 0.0985. The summed E-state index contributed by atoms with van der Waals surface area (Å²) in [6.07, 6.45) is 3.12. The first-order valence-electron chi connectivity index (χ1n) is 7.11. The predicted octanol–water partition coefficient (Wildman–Crippen LogP) is 1.88. The molecule has 3 rings (SSSR count). The third-order valence-corrected chi connectivity index (χ3v) is 4.69. The molecular formula is C14H20N2O3S. The van der Waals surface area contributed by atoms with E-state index in [0.717, 1.165) is 24.1 Å². The van der Waals surface area contributed by atoms with E-state index in [1.807, 2.05) is 17.5 Å². The van der Waals surface area contributed by atoms with Crippen LogP contribution in [-0.2, 0) is 16.0 Å². The standard InChI is InChI=1S/C14H20N2O3S/c17-14(15-9-11-2-1-7-20-11)16-10-3-4-12-13(8-10)19-6-5-18-12/h1-2,7,10,12-13H,3-6,8-9H2,(H2,15,16,17). The zero-order valence-corrected chi connectivity index (χ0v) is 12.2. The highest BCUT2D eigenvalue weighted by Crippen LogP contribution is 2.26. The second kappa shape index (κ2) is 6.56. The molecule has 0 aromatic carbocycles. The molecular weight excluding hydrogens is 276 g/mol. The molecule has 3 atom stereocenters. The molecule has 1 aromatic heterocycles. The number of hydrogen-bond donors (Lipinski definition) is 2. The molecule has 0 spiro atoms. The summed E-state index contributed by atoms with van der Waals surface area (Å²) in [5, 5.41) is 7.94. The molecule has 0 bridgehead atoms. The van der Waals surface area contributed by atoms with Gasteiger partial charge in [-0.2, -0.15) is 0 Å². The number of carbonyl (C=O) groups excluding carboxylic acids is 1. The van der Waals surface area contributed by atoms with E-state index < -0.39 is 0 Å². The predicted molar refractivity (Wildman–Crippen MR) is 76.8 cm³/mol. The molecule has 1 saturated carbocycles. The Morgan fingerprint density at radius 1 is 1.30 bits per heavy atom. The third-order valence-electron chi connectivity index (χ3n) is 3.82. The van der Waals surface area contributed by atoms with Crippen LogP contribution < -0.4 is 10.6 Å². The number of amides is 2. The van der Waals surface area contributed by atoms with Gasteiger partial charge in [0.05, 0.1) is 32.0 Å². The normalized spacial score (nSPS) is 29.5. The lowest BCUT2D eigenvalue weighted by atomic mass is 9.90. The van der Waals surface area contributed by atoms with Gasteiger partial charge in [0.2, 0.25) is 0 Å². The molecule has 2 aliphatic rings. The summed E-state index contributed by atoms with van der Waals surface area (Å²) in [6, 6.07) is 4.09. The van der Waals surface area contributed by atoms with Crippen molar-refractivity contribution in [2.45, 2.75) is 44.1 Å². The maximum absolute atomic E-state index is 11.9. The van der Waals surface area contributed by atoms with E-state index in [0.29, 0.717) is 19.8 Å². The largest absolute Gasteiger partial charge is 0.373 e. The maximum atomic E-state index is 11.9. The molecule has 20 heavy (non-hydrogen) atoms.